The molecule has 28 heavy (non-hydrogen) atoms. The number of anilines is 1. The van der Waals surface area contributed by atoms with Crippen LogP contribution in [0.5, 0.6) is 0 Å². The molecular weight excluding hydrogens is 425 g/mol. The molecule has 0 spiro atoms. The lowest BCUT2D eigenvalue weighted by molar-refractivity contribution is -0.384. The second kappa shape index (κ2) is 10.3. The molecule has 0 radical (unpaired) electrons. The van der Waals surface area contributed by atoms with E-state index in [0.717, 1.165) is 17.0 Å². The van der Waals surface area contributed by atoms with Gasteiger partial charge in [-0.15, -0.1) is 12.4 Å². The van der Waals surface area contributed by atoms with Gasteiger partial charge < -0.3 is 15.1 Å². The van der Waals surface area contributed by atoms with Gasteiger partial charge in [0.15, 0.2) is 0 Å². The summed E-state index contributed by atoms with van der Waals surface area (Å²) < 4.78 is 5.82. The summed E-state index contributed by atoms with van der Waals surface area (Å²) in [6.45, 7) is 1.96. The minimum absolute atomic E-state index is 0. The summed E-state index contributed by atoms with van der Waals surface area (Å²) in [5, 5.41) is 18.2. The molecule has 0 saturated heterocycles. The lowest BCUT2D eigenvalue weighted by Gasteiger charge is -2.07. The lowest BCUT2D eigenvalue weighted by Crippen LogP contribution is -2.21. The van der Waals surface area contributed by atoms with Crippen LogP contribution in [0.3, 0.4) is 0 Å². The zero-order valence-electron chi connectivity index (χ0n) is 14.7. The van der Waals surface area contributed by atoms with Crippen LogP contribution in [0.4, 0.5) is 11.4 Å². The second-order valence-electron chi connectivity index (χ2n) is 5.83. The Morgan fingerprint density at radius 3 is 2.29 bits per heavy atom. The van der Waals surface area contributed by atoms with Gasteiger partial charge in [-0.3, -0.25) is 10.1 Å². The summed E-state index contributed by atoms with van der Waals surface area (Å²) in [5.74, 6) is 1.51. The van der Waals surface area contributed by atoms with Crippen LogP contribution in [-0.4, -0.2) is 18.0 Å². The Kier molecular flexibility index (Phi) is 8.14. The van der Waals surface area contributed by atoms with Crippen LogP contribution in [0, 0.1) is 10.1 Å². The number of hydrogen-bond acceptors (Lipinski definition) is 5. The molecule has 6 nitrogen and oxygen atoms in total. The SMILES string of the molecule is Cl.O=[N+]([O-])c1ccc(NCCNCc2ccc(-c3cc(Cl)cc(Cl)c3)o2)cc1. The third kappa shape index (κ3) is 6.14. The van der Waals surface area contributed by atoms with E-state index in [-0.39, 0.29) is 18.1 Å². The van der Waals surface area contributed by atoms with Gasteiger partial charge in [0, 0.05) is 46.5 Å². The summed E-state index contributed by atoms with van der Waals surface area (Å²) in [4.78, 5) is 10.2. The van der Waals surface area contributed by atoms with Crippen LogP contribution in [-0.2, 0) is 6.54 Å². The zero-order valence-corrected chi connectivity index (χ0v) is 17.0. The van der Waals surface area contributed by atoms with Gasteiger partial charge in [0.1, 0.15) is 11.5 Å². The van der Waals surface area contributed by atoms with Crippen molar-refractivity contribution >= 4 is 47.0 Å². The van der Waals surface area contributed by atoms with Gasteiger partial charge in [-0.2, -0.15) is 0 Å². The lowest BCUT2D eigenvalue weighted by atomic mass is 10.2. The molecule has 148 valence electrons. The highest BCUT2D eigenvalue weighted by Crippen LogP contribution is 2.28. The minimum atomic E-state index is -0.416. The summed E-state index contributed by atoms with van der Waals surface area (Å²) in [7, 11) is 0. The van der Waals surface area contributed by atoms with E-state index >= 15 is 0 Å². The number of furan rings is 1. The van der Waals surface area contributed by atoms with Crippen molar-refractivity contribution in [3.05, 3.63) is 80.5 Å². The molecule has 0 amide bonds. The largest absolute Gasteiger partial charge is 0.460 e. The monoisotopic (exact) mass is 441 g/mol. The fourth-order valence-corrected chi connectivity index (χ4v) is 3.06. The van der Waals surface area contributed by atoms with Gasteiger partial charge in [0.05, 0.1) is 11.5 Å². The third-order valence-corrected chi connectivity index (χ3v) is 4.25. The normalized spacial score (nSPS) is 10.4. The Labute approximate surface area is 178 Å². The molecule has 2 N–H and O–H groups in total. The molecule has 0 aliphatic carbocycles. The average Bonchev–Trinajstić information content (AvgIpc) is 3.10. The molecule has 0 unspecified atom stereocenters. The number of halogens is 3. The van der Waals surface area contributed by atoms with Crippen LogP contribution in [0.1, 0.15) is 5.76 Å². The van der Waals surface area contributed by atoms with E-state index in [0.29, 0.717) is 35.4 Å². The van der Waals surface area contributed by atoms with Crippen molar-refractivity contribution in [1.82, 2.24) is 5.32 Å². The number of nitro groups is 1. The van der Waals surface area contributed by atoms with Crippen molar-refractivity contribution in [2.45, 2.75) is 6.54 Å². The molecule has 0 aliphatic heterocycles. The first-order chi connectivity index (χ1) is 13.0. The second-order valence-corrected chi connectivity index (χ2v) is 6.70. The van der Waals surface area contributed by atoms with Crippen molar-refractivity contribution in [3.8, 4) is 11.3 Å². The number of rotatable bonds is 8. The van der Waals surface area contributed by atoms with E-state index < -0.39 is 4.92 Å². The van der Waals surface area contributed by atoms with E-state index in [1.165, 1.54) is 12.1 Å². The van der Waals surface area contributed by atoms with Crippen molar-refractivity contribution in [1.29, 1.82) is 0 Å². The maximum absolute atomic E-state index is 10.6. The number of non-ortho nitro benzene ring substituents is 1. The van der Waals surface area contributed by atoms with Gasteiger partial charge in [-0.05, 0) is 42.5 Å². The van der Waals surface area contributed by atoms with E-state index in [1.54, 1.807) is 30.3 Å². The summed E-state index contributed by atoms with van der Waals surface area (Å²) >= 11 is 12.0. The summed E-state index contributed by atoms with van der Waals surface area (Å²) in [6, 6.07) is 15.4. The van der Waals surface area contributed by atoms with Gasteiger partial charge in [-0.1, -0.05) is 23.2 Å². The number of nitro benzene ring substituents is 1. The highest BCUT2D eigenvalue weighted by atomic mass is 35.5. The van der Waals surface area contributed by atoms with Gasteiger partial charge >= 0.3 is 0 Å². The Morgan fingerprint density at radius 1 is 0.964 bits per heavy atom. The molecule has 1 heterocycles. The molecule has 0 saturated carbocycles. The van der Waals surface area contributed by atoms with E-state index in [1.807, 2.05) is 12.1 Å². The predicted molar refractivity (Wildman–Crippen MR) is 115 cm³/mol. The minimum Gasteiger partial charge on any atom is -0.460 e. The first-order valence-corrected chi connectivity index (χ1v) is 9.01. The van der Waals surface area contributed by atoms with Crippen molar-refractivity contribution in [3.63, 3.8) is 0 Å². The molecular formula is C19H18Cl3N3O3. The molecule has 1 aromatic heterocycles. The molecule has 0 atom stereocenters. The zero-order chi connectivity index (χ0) is 19.2. The fourth-order valence-electron chi connectivity index (χ4n) is 2.53. The summed E-state index contributed by atoms with van der Waals surface area (Å²) in [6.07, 6.45) is 0. The number of nitrogens with one attached hydrogen (secondary N) is 2. The standard InChI is InChI=1S/C19H17Cl2N3O3.ClH/c20-14-9-13(10-15(21)11-14)19-6-5-18(27-19)12-22-7-8-23-16-1-3-17(4-2-16)24(25)26;/h1-6,9-11,22-23H,7-8,12H2;1H. The third-order valence-electron chi connectivity index (χ3n) is 3.82. The molecule has 3 aromatic rings. The molecule has 0 fully saturated rings. The van der Waals surface area contributed by atoms with Crippen LogP contribution in [0.25, 0.3) is 11.3 Å². The van der Waals surface area contributed by atoms with E-state index in [9.17, 15) is 10.1 Å². The Hall–Kier alpha value is -2.25. The van der Waals surface area contributed by atoms with Crippen LogP contribution in [0.15, 0.2) is 59.0 Å². The van der Waals surface area contributed by atoms with Gasteiger partial charge in [0.2, 0.25) is 0 Å². The Morgan fingerprint density at radius 2 is 1.64 bits per heavy atom. The van der Waals surface area contributed by atoms with Crippen LogP contribution in [0.2, 0.25) is 10.0 Å². The quantitative estimate of drug-likeness (QED) is 0.262. The molecule has 0 bridgehead atoms. The van der Waals surface area contributed by atoms with Crippen LogP contribution >= 0.6 is 35.6 Å². The molecule has 0 aliphatic rings. The van der Waals surface area contributed by atoms with Crippen molar-refractivity contribution < 1.29 is 9.34 Å². The molecule has 2 aromatic carbocycles. The van der Waals surface area contributed by atoms with Crippen molar-refractivity contribution in [2.75, 3.05) is 18.4 Å². The Balaban J connectivity index is 0.00000280. The first kappa shape index (κ1) is 22.0. The highest BCUT2D eigenvalue weighted by molar-refractivity contribution is 6.35. The van der Waals surface area contributed by atoms with Crippen LogP contribution < -0.4 is 10.6 Å². The van der Waals surface area contributed by atoms with Crippen molar-refractivity contribution in [2.24, 2.45) is 0 Å². The smallest absolute Gasteiger partial charge is 0.269 e. The molecule has 9 heteroatoms. The van der Waals surface area contributed by atoms with Gasteiger partial charge in [0.25, 0.3) is 5.69 Å². The van der Waals surface area contributed by atoms with E-state index in [4.69, 9.17) is 27.6 Å². The number of benzene rings is 2. The maximum atomic E-state index is 10.6. The topological polar surface area (TPSA) is 80.3 Å². The predicted octanol–water partition coefficient (Wildman–Crippen LogP) is 5.79. The maximum Gasteiger partial charge on any atom is 0.269 e. The molecule has 3 rings (SSSR count). The highest BCUT2D eigenvalue weighted by Gasteiger charge is 2.07. The number of nitrogens with zero attached hydrogens (tertiary/aromatic N) is 1. The van der Waals surface area contributed by atoms with E-state index in [2.05, 4.69) is 10.6 Å². The first-order valence-electron chi connectivity index (χ1n) is 8.25. The average molecular weight is 443 g/mol. The summed E-state index contributed by atoms with van der Waals surface area (Å²) in [5.41, 5.74) is 1.74. The fraction of sp³-hybridized carbons (Fsp3) is 0.158. The van der Waals surface area contributed by atoms with Gasteiger partial charge in [-0.25, -0.2) is 0 Å². The number of hydrogen-bond donors (Lipinski definition) is 2. The Bertz CT molecular complexity index is 909.